The molecule has 0 spiro atoms. The summed E-state index contributed by atoms with van der Waals surface area (Å²) in [4.78, 5) is 26.4. The number of anilines is 2. The van der Waals surface area contributed by atoms with E-state index in [0.717, 1.165) is 29.1 Å². The van der Waals surface area contributed by atoms with Crippen molar-refractivity contribution in [2.45, 2.75) is 38.4 Å². The smallest absolute Gasteiger partial charge is 0.234 e. The molecule has 0 unspecified atom stereocenters. The highest BCUT2D eigenvalue weighted by molar-refractivity contribution is 7.99. The molecular weight excluding hydrogens is 438 g/mol. The molecule has 2 amide bonds. The lowest BCUT2D eigenvalue weighted by Crippen LogP contribution is -2.24. The van der Waals surface area contributed by atoms with Crippen molar-refractivity contribution in [3.8, 4) is 17.1 Å². The Morgan fingerprint density at radius 1 is 1.21 bits per heavy atom. The molecule has 0 radical (unpaired) electrons. The quantitative estimate of drug-likeness (QED) is 0.503. The molecular formula is C24H27N5O3S. The van der Waals surface area contributed by atoms with Crippen molar-refractivity contribution in [2.75, 3.05) is 29.6 Å². The maximum Gasteiger partial charge on any atom is 0.234 e. The fourth-order valence-electron chi connectivity index (χ4n) is 3.89. The standard InChI is InChI=1S/C24H27N5O3S/c1-4-28-23(17-8-5-7-16(2)13-17)26-27-24(28)33-15-21(30)25-18-10-11-19(20(14-18)32-3)29-12-6-9-22(29)31/h5,7-8,10-11,13-14H,4,6,9,12,15H2,1-3H3,(H,25,30). The number of hydrogen-bond donors (Lipinski definition) is 1. The first-order chi connectivity index (χ1) is 16.0. The second kappa shape index (κ2) is 10.1. The van der Waals surface area contributed by atoms with Gasteiger partial charge in [0.15, 0.2) is 11.0 Å². The Hall–Kier alpha value is -3.33. The minimum absolute atomic E-state index is 0.0894. The van der Waals surface area contributed by atoms with E-state index in [4.69, 9.17) is 4.74 Å². The van der Waals surface area contributed by atoms with Crippen LogP contribution >= 0.6 is 11.8 Å². The molecule has 1 N–H and O–H groups in total. The first-order valence-electron chi connectivity index (χ1n) is 10.9. The average Bonchev–Trinajstić information content (AvgIpc) is 3.43. The Kier molecular flexibility index (Phi) is 6.98. The number of hydrogen-bond acceptors (Lipinski definition) is 6. The number of nitrogens with zero attached hydrogens (tertiary/aromatic N) is 4. The Bertz CT molecular complexity index is 1180. The van der Waals surface area contributed by atoms with Gasteiger partial charge in [-0.15, -0.1) is 10.2 Å². The molecule has 1 aliphatic heterocycles. The molecule has 1 saturated heterocycles. The number of nitrogens with one attached hydrogen (secondary N) is 1. The number of benzene rings is 2. The van der Waals surface area contributed by atoms with Crippen LogP contribution in [0.3, 0.4) is 0 Å². The Labute approximate surface area is 197 Å². The summed E-state index contributed by atoms with van der Waals surface area (Å²) in [5.41, 5.74) is 3.50. The van der Waals surface area contributed by atoms with Crippen molar-refractivity contribution >= 4 is 35.0 Å². The van der Waals surface area contributed by atoms with Gasteiger partial charge in [0.25, 0.3) is 0 Å². The van der Waals surface area contributed by atoms with Crippen molar-refractivity contribution in [3.05, 3.63) is 48.0 Å². The lowest BCUT2D eigenvalue weighted by atomic mass is 10.1. The number of aromatic nitrogens is 3. The Morgan fingerprint density at radius 2 is 2.06 bits per heavy atom. The fraction of sp³-hybridized carbons (Fsp3) is 0.333. The van der Waals surface area contributed by atoms with E-state index in [1.54, 1.807) is 24.1 Å². The Morgan fingerprint density at radius 3 is 2.76 bits per heavy atom. The molecule has 0 aliphatic carbocycles. The predicted octanol–water partition coefficient (Wildman–Crippen LogP) is 4.14. The molecule has 1 aliphatic rings. The third kappa shape index (κ3) is 5.03. The summed E-state index contributed by atoms with van der Waals surface area (Å²) >= 11 is 1.35. The number of rotatable bonds is 8. The van der Waals surface area contributed by atoms with E-state index in [1.165, 1.54) is 11.8 Å². The van der Waals surface area contributed by atoms with Crippen molar-refractivity contribution in [1.82, 2.24) is 14.8 Å². The average molecular weight is 466 g/mol. The molecule has 0 saturated carbocycles. The van der Waals surface area contributed by atoms with Gasteiger partial charge in [0.2, 0.25) is 11.8 Å². The molecule has 0 bridgehead atoms. The topological polar surface area (TPSA) is 89.4 Å². The minimum atomic E-state index is -0.158. The first kappa shape index (κ1) is 22.8. The normalized spacial score (nSPS) is 13.4. The van der Waals surface area contributed by atoms with Crippen LogP contribution in [0.1, 0.15) is 25.3 Å². The largest absolute Gasteiger partial charge is 0.494 e. The van der Waals surface area contributed by atoms with Crippen LogP contribution in [-0.4, -0.2) is 46.0 Å². The zero-order valence-corrected chi connectivity index (χ0v) is 19.8. The zero-order chi connectivity index (χ0) is 23.4. The third-order valence-corrected chi connectivity index (χ3v) is 6.44. The van der Waals surface area contributed by atoms with Crippen LogP contribution in [-0.2, 0) is 16.1 Å². The molecule has 8 nitrogen and oxygen atoms in total. The Balaban J connectivity index is 1.42. The number of aryl methyl sites for hydroxylation is 1. The molecule has 4 rings (SSSR count). The van der Waals surface area contributed by atoms with Gasteiger partial charge in [-0.25, -0.2) is 0 Å². The number of amides is 2. The van der Waals surface area contributed by atoms with Gasteiger partial charge in [-0.3, -0.25) is 9.59 Å². The van der Waals surface area contributed by atoms with E-state index in [9.17, 15) is 9.59 Å². The molecule has 33 heavy (non-hydrogen) atoms. The number of carbonyl (C=O) groups excluding carboxylic acids is 2. The third-order valence-electron chi connectivity index (χ3n) is 5.47. The van der Waals surface area contributed by atoms with Crippen molar-refractivity contribution in [3.63, 3.8) is 0 Å². The highest BCUT2D eigenvalue weighted by Gasteiger charge is 2.24. The van der Waals surface area contributed by atoms with E-state index in [0.29, 0.717) is 36.1 Å². The van der Waals surface area contributed by atoms with Crippen LogP contribution in [0.4, 0.5) is 11.4 Å². The van der Waals surface area contributed by atoms with Gasteiger partial charge < -0.3 is 19.5 Å². The van der Waals surface area contributed by atoms with E-state index in [1.807, 2.05) is 42.7 Å². The lowest BCUT2D eigenvalue weighted by molar-refractivity contribution is -0.117. The summed E-state index contributed by atoms with van der Waals surface area (Å²) in [7, 11) is 1.56. The molecule has 0 atom stereocenters. The van der Waals surface area contributed by atoms with E-state index >= 15 is 0 Å². The van der Waals surface area contributed by atoms with Gasteiger partial charge >= 0.3 is 0 Å². The van der Waals surface area contributed by atoms with Crippen LogP contribution in [0, 0.1) is 6.92 Å². The molecule has 1 aromatic heterocycles. The summed E-state index contributed by atoms with van der Waals surface area (Å²) in [5.74, 6) is 1.48. The van der Waals surface area contributed by atoms with Crippen LogP contribution < -0.4 is 15.0 Å². The van der Waals surface area contributed by atoms with Gasteiger partial charge in [-0.1, -0.05) is 35.5 Å². The molecule has 172 valence electrons. The number of carbonyl (C=O) groups is 2. The molecule has 9 heteroatoms. The molecule has 3 aromatic rings. The van der Waals surface area contributed by atoms with E-state index in [-0.39, 0.29) is 17.6 Å². The molecule has 2 heterocycles. The van der Waals surface area contributed by atoms with Gasteiger partial charge in [-0.2, -0.15) is 0 Å². The number of methoxy groups -OCH3 is 1. The monoisotopic (exact) mass is 465 g/mol. The minimum Gasteiger partial charge on any atom is -0.494 e. The van der Waals surface area contributed by atoms with Gasteiger partial charge in [0.05, 0.1) is 18.6 Å². The molecule has 2 aromatic carbocycles. The summed E-state index contributed by atoms with van der Waals surface area (Å²) in [5, 5.41) is 12.2. The second-order valence-electron chi connectivity index (χ2n) is 7.79. The van der Waals surface area contributed by atoms with E-state index in [2.05, 4.69) is 21.6 Å². The maximum atomic E-state index is 12.6. The van der Waals surface area contributed by atoms with Gasteiger partial charge in [0.1, 0.15) is 5.75 Å². The second-order valence-corrected chi connectivity index (χ2v) is 8.73. The maximum absolute atomic E-state index is 12.6. The van der Waals surface area contributed by atoms with Crippen molar-refractivity contribution in [1.29, 1.82) is 0 Å². The highest BCUT2D eigenvalue weighted by atomic mass is 32.2. The van der Waals surface area contributed by atoms with Crippen molar-refractivity contribution in [2.24, 2.45) is 0 Å². The van der Waals surface area contributed by atoms with Gasteiger partial charge in [0, 0.05) is 36.8 Å². The lowest BCUT2D eigenvalue weighted by Gasteiger charge is -2.19. The van der Waals surface area contributed by atoms with Gasteiger partial charge in [-0.05, 0) is 38.5 Å². The molecule has 1 fully saturated rings. The summed E-state index contributed by atoms with van der Waals surface area (Å²) in [6.45, 7) is 5.46. The summed E-state index contributed by atoms with van der Waals surface area (Å²) < 4.78 is 7.48. The fourth-order valence-corrected chi connectivity index (χ4v) is 4.69. The number of ether oxygens (including phenoxy) is 1. The summed E-state index contributed by atoms with van der Waals surface area (Å²) in [6.07, 6.45) is 1.39. The van der Waals surface area contributed by atoms with Crippen molar-refractivity contribution < 1.29 is 14.3 Å². The van der Waals surface area contributed by atoms with Crippen LogP contribution in [0.5, 0.6) is 5.75 Å². The predicted molar refractivity (Wildman–Crippen MR) is 130 cm³/mol. The van der Waals surface area contributed by atoms with Crippen LogP contribution in [0.2, 0.25) is 0 Å². The first-order valence-corrected chi connectivity index (χ1v) is 11.9. The van der Waals surface area contributed by atoms with Crippen LogP contribution in [0.25, 0.3) is 11.4 Å². The SMILES string of the molecule is CCn1c(SCC(=O)Nc2ccc(N3CCCC3=O)c(OC)c2)nnc1-c1cccc(C)c1. The summed E-state index contributed by atoms with van der Waals surface area (Å²) in [6, 6.07) is 13.5. The van der Waals surface area contributed by atoms with Crippen LogP contribution in [0.15, 0.2) is 47.6 Å². The highest BCUT2D eigenvalue weighted by Crippen LogP contribution is 2.34. The number of thioether (sulfide) groups is 1. The zero-order valence-electron chi connectivity index (χ0n) is 19.0. The van der Waals surface area contributed by atoms with E-state index < -0.39 is 0 Å².